The van der Waals surface area contributed by atoms with Crippen LogP contribution in [0.3, 0.4) is 0 Å². The van der Waals surface area contributed by atoms with E-state index in [0.717, 1.165) is 22.2 Å². The first-order chi connectivity index (χ1) is 13.5. The molecule has 0 bridgehead atoms. The molecular formula is C22H19NO5. The van der Waals surface area contributed by atoms with E-state index in [9.17, 15) is 9.59 Å². The fourth-order valence-electron chi connectivity index (χ4n) is 3.25. The summed E-state index contributed by atoms with van der Waals surface area (Å²) in [7, 11) is 0. The van der Waals surface area contributed by atoms with Crippen molar-refractivity contribution in [2.45, 2.75) is 20.0 Å². The van der Waals surface area contributed by atoms with Gasteiger partial charge in [-0.05, 0) is 43.7 Å². The molecule has 1 N–H and O–H groups in total. The molecule has 0 radical (unpaired) electrons. The minimum atomic E-state index is -0.896. The molecule has 0 aliphatic carbocycles. The number of H-pyrrole nitrogens is 1. The summed E-state index contributed by atoms with van der Waals surface area (Å²) >= 11 is 0. The summed E-state index contributed by atoms with van der Waals surface area (Å²) in [4.78, 5) is 28.2. The largest absolute Gasteiger partial charge is 0.454 e. The number of rotatable bonds is 5. The number of ketones is 1. The molecular weight excluding hydrogens is 358 g/mol. The zero-order valence-corrected chi connectivity index (χ0v) is 15.5. The van der Waals surface area contributed by atoms with E-state index in [1.165, 1.54) is 6.08 Å². The van der Waals surface area contributed by atoms with Crippen LogP contribution in [0.2, 0.25) is 0 Å². The fourth-order valence-corrected chi connectivity index (χ4v) is 3.25. The molecule has 0 amide bonds. The molecule has 4 rings (SSSR count). The van der Waals surface area contributed by atoms with Crippen molar-refractivity contribution in [3.05, 3.63) is 65.4 Å². The van der Waals surface area contributed by atoms with E-state index in [1.54, 1.807) is 31.2 Å². The number of hydrogen-bond acceptors (Lipinski definition) is 5. The van der Waals surface area contributed by atoms with Crippen LogP contribution in [0.5, 0.6) is 11.5 Å². The number of esters is 1. The monoisotopic (exact) mass is 377 g/mol. The Hall–Kier alpha value is -3.54. The summed E-state index contributed by atoms with van der Waals surface area (Å²) in [5.41, 5.74) is 2.96. The molecule has 6 heteroatoms. The van der Waals surface area contributed by atoms with Gasteiger partial charge in [0, 0.05) is 28.2 Å². The fraction of sp³-hybridized carbons (Fsp3) is 0.182. The number of aromatic amines is 1. The Morgan fingerprint density at radius 2 is 1.93 bits per heavy atom. The molecule has 0 saturated carbocycles. The van der Waals surface area contributed by atoms with E-state index < -0.39 is 12.1 Å². The van der Waals surface area contributed by atoms with Crippen molar-refractivity contribution >= 4 is 28.7 Å². The number of ether oxygens (including phenoxy) is 3. The van der Waals surface area contributed by atoms with Crippen LogP contribution < -0.4 is 9.47 Å². The van der Waals surface area contributed by atoms with Gasteiger partial charge in [-0.3, -0.25) is 4.79 Å². The first kappa shape index (κ1) is 17.9. The third-order valence-electron chi connectivity index (χ3n) is 4.61. The van der Waals surface area contributed by atoms with Crippen LogP contribution >= 0.6 is 0 Å². The van der Waals surface area contributed by atoms with Crippen LogP contribution in [0.15, 0.2) is 48.5 Å². The van der Waals surface area contributed by atoms with Crippen molar-refractivity contribution in [3.8, 4) is 11.5 Å². The molecule has 2 heterocycles. The van der Waals surface area contributed by atoms with Gasteiger partial charge in [0.1, 0.15) is 0 Å². The number of aryl methyl sites for hydroxylation is 1. The highest BCUT2D eigenvalue weighted by molar-refractivity contribution is 6.11. The van der Waals surface area contributed by atoms with Gasteiger partial charge in [-0.2, -0.15) is 0 Å². The summed E-state index contributed by atoms with van der Waals surface area (Å²) in [5, 5.41) is 0.823. The molecule has 6 nitrogen and oxygen atoms in total. The molecule has 3 aromatic rings. The number of nitrogens with one attached hydrogen (secondary N) is 1. The molecule has 142 valence electrons. The third-order valence-corrected chi connectivity index (χ3v) is 4.61. The second kappa shape index (κ2) is 7.23. The third kappa shape index (κ3) is 3.36. The van der Waals surface area contributed by atoms with E-state index >= 15 is 0 Å². The highest BCUT2D eigenvalue weighted by atomic mass is 16.7. The van der Waals surface area contributed by atoms with Gasteiger partial charge in [-0.15, -0.1) is 0 Å². The zero-order valence-electron chi connectivity index (χ0n) is 15.5. The van der Waals surface area contributed by atoms with Gasteiger partial charge in [-0.25, -0.2) is 4.79 Å². The van der Waals surface area contributed by atoms with E-state index in [2.05, 4.69) is 4.98 Å². The van der Waals surface area contributed by atoms with Gasteiger partial charge < -0.3 is 19.2 Å². The maximum absolute atomic E-state index is 12.8. The number of Topliss-reactive ketones (excluding diaryl/α,β-unsaturated/α-hetero) is 1. The maximum Gasteiger partial charge on any atom is 0.331 e. The van der Waals surface area contributed by atoms with Crippen LogP contribution in [0.25, 0.3) is 17.0 Å². The molecule has 0 spiro atoms. The first-order valence-electron chi connectivity index (χ1n) is 8.93. The normalized spacial score (nSPS) is 13.8. The minimum Gasteiger partial charge on any atom is -0.454 e. The van der Waals surface area contributed by atoms with Gasteiger partial charge in [0.05, 0.1) is 0 Å². The number of carbonyl (C=O) groups excluding carboxylic acids is 2. The van der Waals surface area contributed by atoms with Gasteiger partial charge in [0.25, 0.3) is 0 Å². The van der Waals surface area contributed by atoms with Crippen LogP contribution in [0.4, 0.5) is 0 Å². The molecule has 28 heavy (non-hydrogen) atoms. The standard InChI is InChI=1S/C22H19NO5/c1-13-21(16-5-3-4-6-17(16)23-13)22(25)14(2)28-20(24)10-8-15-7-9-18-19(11-15)27-12-26-18/h3-11,14,23H,12H2,1-2H3/b10-8+/t14-/m1/s1. The maximum atomic E-state index is 12.8. The Labute approximate surface area is 161 Å². The predicted octanol–water partition coefficient (Wildman–Crippen LogP) is 4.03. The average Bonchev–Trinajstić information content (AvgIpc) is 3.28. The second-order valence-corrected chi connectivity index (χ2v) is 6.56. The van der Waals surface area contributed by atoms with Crippen molar-refractivity contribution in [3.63, 3.8) is 0 Å². The van der Waals surface area contributed by atoms with E-state index in [1.807, 2.05) is 31.2 Å². The van der Waals surface area contributed by atoms with Gasteiger partial charge in [0.15, 0.2) is 17.6 Å². The predicted molar refractivity (Wildman–Crippen MR) is 105 cm³/mol. The lowest BCUT2D eigenvalue weighted by Gasteiger charge is -2.11. The molecule has 0 saturated heterocycles. The SMILES string of the molecule is Cc1[nH]c2ccccc2c1C(=O)[C@@H](C)OC(=O)/C=C/c1ccc2c(c1)OCO2. The summed E-state index contributed by atoms with van der Waals surface area (Å²) in [6.45, 7) is 3.61. The van der Waals surface area contributed by atoms with Crippen LogP contribution in [0.1, 0.15) is 28.5 Å². The number of aromatic nitrogens is 1. The van der Waals surface area contributed by atoms with Crippen molar-refractivity contribution in [2.24, 2.45) is 0 Å². The number of carbonyl (C=O) groups is 2. The van der Waals surface area contributed by atoms with Crippen LogP contribution in [0, 0.1) is 6.92 Å². The lowest BCUT2D eigenvalue weighted by molar-refractivity contribution is -0.140. The van der Waals surface area contributed by atoms with Crippen molar-refractivity contribution < 1.29 is 23.8 Å². The molecule has 1 aliphatic heterocycles. The van der Waals surface area contributed by atoms with Crippen LogP contribution in [-0.2, 0) is 9.53 Å². The average molecular weight is 377 g/mol. The van der Waals surface area contributed by atoms with Gasteiger partial charge in [-0.1, -0.05) is 24.3 Å². The Balaban J connectivity index is 1.45. The zero-order chi connectivity index (χ0) is 19.7. The highest BCUT2D eigenvalue weighted by Gasteiger charge is 2.23. The Kier molecular flexibility index (Phi) is 4.61. The molecule has 2 aromatic carbocycles. The summed E-state index contributed by atoms with van der Waals surface area (Å²) in [6, 6.07) is 12.9. The van der Waals surface area contributed by atoms with Crippen molar-refractivity contribution in [1.82, 2.24) is 4.98 Å². The van der Waals surface area contributed by atoms with Crippen molar-refractivity contribution in [2.75, 3.05) is 6.79 Å². The summed E-state index contributed by atoms with van der Waals surface area (Å²) in [5.74, 6) is 0.484. The first-order valence-corrected chi connectivity index (χ1v) is 8.93. The van der Waals surface area contributed by atoms with E-state index in [-0.39, 0.29) is 12.6 Å². The van der Waals surface area contributed by atoms with E-state index in [4.69, 9.17) is 14.2 Å². The van der Waals surface area contributed by atoms with Crippen molar-refractivity contribution in [1.29, 1.82) is 0 Å². The van der Waals surface area contributed by atoms with Gasteiger partial charge >= 0.3 is 5.97 Å². The number of para-hydroxylation sites is 1. The Morgan fingerprint density at radius 3 is 2.79 bits per heavy atom. The summed E-state index contributed by atoms with van der Waals surface area (Å²) < 4.78 is 15.9. The molecule has 0 fully saturated rings. The number of hydrogen-bond donors (Lipinski definition) is 1. The molecule has 0 unspecified atom stereocenters. The minimum absolute atomic E-state index is 0.192. The Bertz CT molecular complexity index is 1100. The second-order valence-electron chi connectivity index (χ2n) is 6.56. The lowest BCUT2D eigenvalue weighted by atomic mass is 10.0. The smallest absolute Gasteiger partial charge is 0.331 e. The quantitative estimate of drug-likeness (QED) is 0.413. The van der Waals surface area contributed by atoms with Gasteiger partial charge in [0.2, 0.25) is 12.6 Å². The Morgan fingerprint density at radius 1 is 1.14 bits per heavy atom. The molecule has 1 atom stereocenters. The number of benzene rings is 2. The topological polar surface area (TPSA) is 77.6 Å². The van der Waals surface area contributed by atoms with E-state index in [0.29, 0.717) is 17.1 Å². The van der Waals surface area contributed by atoms with Crippen LogP contribution in [-0.4, -0.2) is 29.6 Å². The molecule has 1 aliphatic rings. The molecule has 1 aromatic heterocycles. The highest BCUT2D eigenvalue weighted by Crippen LogP contribution is 2.32. The summed E-state index contributed by atoms with van der Waals surface area (Å²) in [6.07, 6.45) is 2.01. The lowest BCUT2D eigenvalue weighted by Crippen LogP contribution is -2.24. The number of fused-ring (bicyclic) bond motifs is 2.